The van der Waals surface area contributed by atoms with Gasteiger partial charge >= 0.3 is 5.69 Å². The maximum Gasteiger partial charge on any atom is 0.323 e. The van der Waals surface area contributed by atoms with Gasteiger partial charge in [-0.15, -0.1) is 0 Å². The number of aromatic amines is 2. The Kier molecular flexibility index (Phi) is 7.01. The number of hydrogen-bond acceptors (Lipinski definition) is 5. The van der Waals surface area contributed by atoms with E-state index in [2.05, 4.69) is 20.0 Å². The maximum absolute atomic E-state index is 12.9. The van der Waals surface area contributed by atoms with Gasteiger partial charge in [-0.1, -0.05) is 25.0 Å². The summed E-state index contributed by atoms with van der Waals surface area (Å²) >= 11 is 0. The van der Waals surface area contributed by atoms with Gasteiger partial charge in [-0.05, 0) is 43.2 Å². The Hall–Kier alpha value is -3.60. The van der Waals surface area contributed by atoms with Gasteiger partial charge in [0.05, 0.1) is 27.2 Å². The molecule has 1 aliphatic heterocycles. The topological polar surface area (TPSA) is 144 Å². The Morgan fingerprint density at radius 2 is 1.65 bits per heavy atom. The van der Waals surface area contributed by atoms with Crippen molar-refractivity contribution in [3.8, 4) is 0 Å². The number of fused-ring (bicyclic) bond motifs is 1. The van der Waals surface area contributed by atoms with Crippen LogP contribution in [-0.4, -0.2) is 54.7 Å². The average molecular weight is 486 g/mol. The van der Waals surface area contributed by atoms with Crippen molar-refractivity contribution in [2.24, 2.45) is 0 Å². The first kappa shape index (κ1) is 23.6. The summed E-state index contributed by atoms with van der Waals surface area (Å²) in [4.78, 5) is 43.5. The molecule has 0 spiro atoms. The van der Waals surface area contributed by atoms with Crippen LogP contribution in [0.15, 0.2) is 52.2 Å². The fourth-order valence-corrected chi connectivity index (χ4v) is 5.11. The Bertz CT molecular complexity index is 1350. The Morgan fingerprint density at radius 1 is 0.941 bits per heavy atom. The van der Waals surface area contributed by atoms with E-state index in [1.165, 1.54) is 30.3 Å². The zero-order valence-electron chi connectivity index (χ0n) is 18.6. The molecule has 0 atom stereocenters. The summed E-state index contributed by atoms with van der Waals surface area (Å²) < 4.78 is 28.3. The highest BCUT2D eigenvalue weighted by atomic mass is 32.2. The van der Waals surface area contributed by atoms with E-state index in [-0.39, 0.29) is 35.0 Å². The van der Waals surface area contributed by atoms with Gasteiger partial charge in [0.25, 0.3) is 15.9 Å². The second-order valence-electron chi connectivity index (χ2n) is 8.24. The van der Waals surface area contributed by atoms with Crippen molar-refractivity contribution in [3.63, 3.8) is 0 Å². The molecule has 1 saturated heterocycles. The normalized spacial score (nSPS) is 14.5. The van der Waals surface area contributed by atoms with E-state index < -0.39 is 21.6 Å². The van der Waals surface area contributed by atoms with Crippen molar-refractivity contribution in [2.75, 3.05) is 24.4 Å². The first-order chi connectivity index (χ1) is 16.3. The number of sulfonamides is 1. The number of para-hydroxylation sites is 1. The summed E-state index contributed by atoms with van der Waals surface area (Å²) in [6.07, 6.45) is 4.44. The zero-order chi connectivity index (χ0) is 24.1. The predicted octanol–water partition coefficient (Wildman–Crippen LogP) is 2.18. The molecule has 2 aromatic carbocycles. The minimum Gasteiger partial charge on any atom is -0.351 e. The molecule has 4 N–H and O–H groups in total. The van der Waals surface area contributed by atoms with Crippen LogP contribution in [0.4, 0.5) is 5.69 Å². The molecule has 1 aliphatic rings. The fraction of sp³-hybridized carbons (Fsp3) is 0.348. The minimum absolute atomic E-state index is 0.00868. The standard InChI is InChI=1S/C23H27N5O5S/c29-21(28-13-5-1-2-6-14-28)11-12-24-22(30)17-7-3-4-8-18(17)27-34(32,33)16-9-10-19-20(15-16)26-23(31)25-19/h3-4,7-10,15,27H,1-2,5-6,11-14H2,(H,24,30)(H2,25,26,31). The zero-order valence-corrected chi connectivity index (χ0v) is 19.4. The number of benzene rings is 2. The molecule has 4 rings (SSSR count). The van der Waals surface area contributed by atoms with Crippen molar-refractivity contribution in [2.45, 2.75) is 37.0 Å². The Labute approximate surface area is 196 Å². The number of anilines is 1. The van der Waals surface area contributed by atoms with Gasteiger partial charge in [0.2, 0.25) is 5.91 Å². The number of amides is 2. The number of carbonyl (C=O) groups is 2. The molecule has 1 fully saturated rings. The lowest BCUT2D eigenvalue weighted by Gasteiger charge is -2.20. The summed E-state index contributed by atoms with van der Waals surface area (Å²) in [6, 6.07) is 10.4. The molecular weight excluding hydrogens is 458 g/mol. The number of carbonyl (C=O) groups excluding carboxylic acids is 2. The number of rotatable bonds is 7. The van der Waals surface area contributed by atoms with Crippen molar-refractivity contribution in [3.05, 3.63) is 58.5 Å². The highest BCUT2D eigenvalue weighted by Crippen LogP contribution is 2.22. The minimum atomic E-state index is -4.03. The van der Waals surface area contributed by atoms with Crippen LogP contribution in [0.5, 0.6) is 0 Å². The van der Waals surface area contributed by atoms with Crippen molar-refractivity contribution in [1.29, 1.82) is 0 Å². The van der Waals surface area contributed by atoms with E-state index in [0.29, 0.717) is 11.0 Å². The molecule has 0 saturated carbocycles. The van der Waals surface area contributed by atoms with Crippen molar-refractivity contribution in [1.82, 2.24) is 20.2 Å². The van der Waals surface area contributed by atoms with Crippen LogP contribution < -0.4 is 15.7 Å². The smallest absolute Gasteiger partial charge is 0.323 e. The molecular formula is C23H27N5O5S. The van der Waals surface area contributed by atoms with Crippen LogP contribution in [-0.2, 0) is 14.8 Å². The van der Waals surface area contributed by atoms with Gasteiger partial charge in [-0.25, -0.2) is 13.2 Å². The summed E-state index contributed by atoms with van der Waals surface area (Å²) in [7, 11) is -4.03. The summed E-state index contributed by atoms with van der Waals surface area (Å²) in [6.45, 7) is 1.66. The molecule has 2 amide bonds. The first-order valence-corrected chi connectivity index (χ1v) is 12.7. The van der Waals surface area contributed by atoms with Gasteiger partial charge in [0, 0.05) is 26.1 Å². The van der Waals surface area contributed by atoms with Crippen LogP contribution in [0.2, 0.25) is 0 Å². The highest BCUT2D eigenvalue weighted by Gasteiger charge is 2.20. The van der Waals surface area contributed by atoms with Gasteiger partial charge in [0.1, 0.15) is 0 Å². The maximum atomic E-state index is 12.9. The number of H-pyrrole nitrogens is 2. The second-order valence-corrected chi connectivity index (χ2v) is 9.92. The van der Waals surface area contributed by atoms with Crippen LogP contribution in [0, 0.1) is 0 Å². The lowest BCUT2D eigenvalue weighted by molar-refractivity contribution is -0.131. The molecule has 0 bridgehead atoms. The van der Waals surface area contributed by atoms with E-state index in [9.17, 15) is 22.8 Å². The monoisotopic (exact) mass is 485 g/mol. The molecule has 34 heavy (non-hydrogen) atoms. The van der Waals surface area contributed by atoms with E-state index >= 15 is 0 Å². The predicted molar refractivity (Wildman–Crippen MR) is 128 cm³/mol. The largest absolute Gasteiger partial charge is 0.351 e. The summed E-state index contributed by atoms with van der Waals surface area (Å²) in [5.41, 5.74) is 0.659. The van der Waals surface area contributed by atoms with E-state index in [0.717, 1.165) is 38.8 Å². The number of nitrogens with one attached hydrogen (secondary N) is 4. The highest BCUT2D eigenvalue weighted by molar-refractivity contribution is 7.92. The number of hydrogen-bond donors (Lipinski definition) is 4. The quantitative estimate of drug-likeness (QED) is 0.405. The second kappa shape index (κ2) is 10.1. The Morgan fingerprint density at radius 3 is 2.41 bits per heavy atom. The number of nitrogens with zero attached hydrogens (tertiary/aromatic N) is 1. The van der Waals surface area contributed by atoms with Crippen molar-refractivity contribution >= 4 is 38.6 Å². The van der Waals surface area contributed by atoms with E-state index in [1.807, 2.05) is 4.90 Å². The Balaban J connectivity index is 1.42. The molecule has 180 valence electrons. The summed E-state index contributed by atoms with van der Waals surface area (Å²) in [5.74, 6) is -0.471. The molecule has 0 radical (unpaired) electrons. The van der Waals surface area contributed by atoms with Crippen LogP contribution >= 0.6 is 0 Å². The molecule has 11 heteroatoms. The third-order valence-electron chi connectivity index (χ3n) is 5.80. The van der Waals surface area contributed by atoms with Gasteiger partial charge in [-0.3, -0.25) is 14.3 Å². The SMILES string of the molecule is O=C(NCCC(=O)N1CCCCCC1)c1ccccc1NS(=O)(=O)c1ccc2[nH]c(=O)[nH]c2c1. The van der Waals surface area contributed by atoms with Gasteiger partial charge < -0.3 is 20.2 Å². The first-order valence-electron chi connectivity index (χ1n) is 11.2. The number of imidazole rings is 1. The molecule has 0 unspecified atom stereocenters. The van der Waals surface area contributed by atoms with Crippen molar-refractivity contribution < 1.29 is 18.0 Å². The third-order valence-corrected chi connectivity index (χ3v) is 7.16. The van der Waals surface area contributed by atoms with E-state index in [1.54, 1.807) is 12.1 Å². The molecule has 2 heterocycles. The van der Waals surface area contributed by atoms with Crippen LogP contribution in [0.25, 0.3) is 11.0 Å². The lowest BCUT2D eigenvalue weighted by atomic mass is 10.1. The van der Waals surface area contributed by atoms with E-state index in [4.69, 9.17) is 0 Å². The van der Waals surface area contributed by atoms with Crippen LogP contribution in [0.1, 0.15) is 42.5 Å². The molecule has 1 aromatic heterocycles. The lowest BCUT2D eigenvalue weighted by Crippen LogP contribution is -2.35. The van der Waals surface area contributed by atoms with Crippen LogP contribution in [0.3, 0.4) is 0 Å². The fourth-order valence-electron chi connectivity index (χ4n) is 4.01. The third kappa shape index (κ3) is 5.48. The number of likely N-dealkylation sites (tertiary alicyclic amines) is 1. The summed E-state index contributed by atoms with van der Waals surface area (Å²) in [5, 5.41) is 2.71. The molecule has 10 nitrogen and oxygen atoms in total. The number of aromatic nitrogens is 2. The molecule has 3 aromatic rings. The molecule has 0 aliphatic carbocycles. The van der Waals surface area contributed by atoms with Gasteiger partial charge in [0.15, 0.2) is 0 Å². The van der Waals surface area contributed by atoms with Gasteiger partial charge in [-0.2, -0.15) is 0 Å². The average Bonchev–Trinajstić information content (AvgIpc) is 2.99.